The van der Waals surface area contributed by atoms with Gasteiger partial charge in [0.25, 0.3) is 5.91 Å². The van der Waals surface area contributed by atoms with Gasteiger partial charge in [-0.1, -0.05) is 24.3 Å². The number of aryl methyl sites for hydroxylation is 2. The number of nitrogens with zero attached hydrogens (tertiary/aromatic N) is 1. The summed E-state index contributed by atoms with van der Waals surface area (Å²) in [7, 11) is 4.02. The Labute approximate surface area is 154 Å². The molecule has 1 aliphatic carbocycles. The Morgan fingerprint density at radius 3 is 2.69 bits per heavy atom. The SMILES string of the molecule is CC(NC(=O)c1cc2ccc(N(C)C)cc2[nH]1)c1ccc2c(c1)CCC2. The van der Waals surface area contributed by atoms with Crippen LogP contribution in [-0.2, 0) is 12.8 Å². The van der Waals surface area contributed by atoms with Gasteiger partial charge >= 0.3 is 0 Å². The fourth-order valence-corrected chi connectivity index (χ4v) is 3.73. The summed E-state index contributed by atoms with van der Waals surface area (Å²) in [5.41, 5.74) is 6.75. The zero-order valence-corrected chi connectivity index (χ0v) is 15.6. The molecule has 4 nitrogen and oxygen atoms in total. The van der Waals surface area contributed by atoms with Crippen LogP contribution >= 0.6 is 0 Å². The number of benzene rings is 2. The molecule has 1 amide bonds. The lowest BCUT2D eigenvalue weighted by Gasteiger charge is -2.15. The Morgan fingerprint density at radius 1 is 1.08 bits per heavy atom. The summed E-state index contributed by atoms with van der Waals surface area (Å²) in [5, 5.41) is 4.17. The van der Waals surface area contributed by atoms with E-state index in [4.69, 9.17) is 0 Å². The first-order valence-corrected chi connectivity index (χ1v) is 9.24. The van der Waals surface area contributed by atoms with Gasteiger partial charge in [-0.05, 0) is 61.1 Å². The highest BCUT2D eigenvalue weighted by Gasteiger charge is 2.17. The van der Waals surface area contributed by atoms with Gasteiger partial charge in [0, 0.05) is 30.7 Å². The minimum Gasteiger partial charge on any atom is -0.378 e. The van der Waals surface area contributed by atoms with Crippen LogP contribution < -0.4 is 10.2 Å². The van der Waals surface area contributed by atoms with Gasteiger partial charge in [-0.3, -0.25) is 4.79 Å². The Morgan fingerprint density at radius 2 is 1.88 bits per heavy atom. The van der Waals surface area contributed by atoms with Gasteiger partial charge in [-0.2, -0.15) is 0 Å². The number of aromatic nitrogens is 1. The van der Waals surface area contributed by atoms with Crippen molar-refractivity contribution < 1.29 is 4.79 Å². The predicted octanol–water partition coefficient (Wildman–Crippen LogP) is 4.21. The number of anilines is 1. The highest BCUT2D eigenvalue weighted by atomic mass is 16.1. The molecular formula is C22H25N3O. The average molecular weight is 347 g/mol. The lowest BCUT2D eigenvalue weighted by Crippen LogP contribution is -2.27. The number of aromatic amines is 1. The van der Waals surface area contributed by atoms with Crippen LogP contribution in [0, 0.1) is 0 Å². The summed E-state index contributed by atoms with van der Waals surface area (Å²) in [6, 6.07) is 14.7. The van der Waals surface area contributed by atoms with Crippen LogP contribution in [0.15, 0.2) is 42.5 Å². The number of amides is 1. The number of H-pyrrole nitrogens is 1. The van der Waals surface area contributed by atoms with Gasteiger partial charge in [0.2, 0.25) is 0 Å². The van der Waals surface area contributed by atoms with E-state index in [2.05, 4.69) is 45.5 Å². The van der Waals surface area contributed by atoms with Crippen LogP contribution in [-0.4, -0.2) is 25.0 Å². The lowest BCUT2D eigenvalue weighted by atomic mass is 10.0. The van der Waals surface area contributed by atoms with Crippen LogP contribution in [0.3, 0.4) is 0 Å². The number of carbonyl (C=O) groups excluding carboxylic acids is 1. The molecular weight excluding hydrogens is 322 g/mol. The maximum atomic E-state index is 12.7. The van der Waals surface area contributed by atoms with Gasteiger partial charge in [-0.15, -0.1) is 0 Å². The predicted molar refractivity (Wildman–Crippen MR) is 107 cm³/mol. The van der Waals surface area contributed by atoms with Crippen molar-refractivity contribution in [3.05, 3.63) is 64.8 Å². The van der Waals surface area contributed by atoms with E-state index in [1.165, 1.54) is 29.5 Å². The third-order valence-electron chi connectivity index (χ3n) is 5.34. The van der Waals surface area contributed by atoms with Crippen molar-refractivity contribution in [1.29, 1.82) is 0 Å². The van der Waals surface area contributed by atoms with Gasteiger partial charge in [0.15, 0.2) is 0 Å². The van der Waals surface area contributed by atoms with E-state index in [9.17, 15) is 4.79 Å². The minimum atomic E-state index is -0.0689. The number of nitrogens with one attached hydrogen (secondary N) is 2. The smallest absolute Gasteiger partial charge is 0.268 e. The molecule has 26 heavy (non-hydrogen) atoms. The minimum absolute atomic E-state index is 0.0165. The molecule has 0 bridgehead atoms. The van der Waals surface area contributed by atoms with E-state index in [0.717, 1.165) is 23.0 Å². The normalized spacial score (nSPS) is 14.3. The number of carbonyl (C=O) groups is 1. The van der Waals surface area contributed by atoms with E-state index in [0.29, 0.717) is 5.69 Å². The van der Waals surface area contributed by atoms with Crippen molar-refractivity contribution in [3.8, 4) is 0 Å². The van der Waals surface area contributed by atoms with Gasteiger partial charge < -0.3 is 15.2 Å². The Hall–Kier alpha value is -2.75. The summed E-state index contributed by atoms with van der Waals surface area (Å²) in [4.78, 5) is 18.0. The molecule has 134 valence electrons. The second-order valence-electron chi connectivity index (χ2n) is 7.43. The number of hydrogen-bond acceptors (Lipinski definition) is 2. The summed E-state index contributed by atoms with van der Waals surface area (Å²) >= 11 is 0. The fraction of sp³-hybridized carbons (Fsp3) is 0.318. The maximum absolute atomic E-state index is 12.7. The molecule has 0 aliphatic heterocycles. The summed E-state index contributed by atoms with van der Waals surface area (Å²) in [6.45, 7) is 2.04. The van der Waals surface area contributed by atoms with Crippen LogP contribution in [0.2, 0.25) is 0 Å². The average Bonchev–Trinajstić information content (AvgIpc) is 3.26. The molecule has 1 heterocycles. The highest BCUT2D eigenvalue weighted by Crippen LogP contribution is 2.26. The van der Waals surface area contributed by atoms with Crippen molar-refractivity contribution in [3.63, 3.8) is 0 Å². The largest absolute Gasteiger partial charge is 0.378 e. The molecule has 2 N–H and O–H groups in total. The van der Waals surface area contributed by atoms with Crippen LogP contribution in [0.1, 0.15) is 46.6 Å². The number of hydrogen-bond donors (Lipinski definition) is 2. The molecule has 4 rings (SSSR count). The van der Waals surface area contributed by atoms with Crippen molar-refractivity contribution in [2.24, 2.45) is 0 Å². The van der Waals surface area contributed by atoms with E-state index >= 15 is 0 Å². The molecule has 0 saturated carbocycles. The van der Waals surface area contributed by atoms with Crippen LogP contribution in [0.5, 0.6) is 0 Å². The first kappa shape index (κ1) is 16.7. The number of rotatable bonds is 4. The Bertz CT molecular complexity index is 971. The van der Waals surface area contributed by atoms with E-state index in [-0.39, 0.29) is 11.9 Å². The molecule has 1 aliphatic rings. The van der Waals surface area contributed by atoms with Crippen molar-refractivity contribution >= 4 is 22.5 Å². The van der Waals surface area contributed by atoms with E-state index < -0.39 is 0 Å². The number of fused-ring (bicyclic) bond motifs is 2. The molecule has 0 spiro atoms. The van der Waals surface area contributed by atoms with Gasteiger partial charge in [0.1, 0.15) is 5.69 Å². The van der Waals surface area contributed by atoms with Crippen molar-refractivity contribution in [2.75, 3.05) is 19.0 Å². The summed E-state index contributed by atoms with van der Waals surface area (Å²) < 4.78 is 0. The third kappa shape index (κ3) is 3.07. The fourth-order valence-electron chi connectivity index (χ4n) is 3.73. The maximum Gasteiger partial charge on any atom is 0.268 e. The van der Waals surface area contributed by atoms with E-state index in [1.54, 1.807) is 0 Å². The summed E-state index contributed by atoms with van der Waals surface area (Å²) in [6.07, 6.45) is 3.57. The van der Waals surface area contributed by atoms with E-state index in [1.807, 2.05) is 33.2 Å². The second-order valence-corrected chi connectivity index (χ2v) is 7.43. The molecule has 4 heteroatoms. The molecule has 0 saturated heterocycles. The molecule has 1 aromatic heterocycles. The van der Waals surface area contributed by atoms with Crippen molar-refractivity contribution in [1.82, 2.24) is 10.3 Å². The Balaban J connectivity index is 1.53. The summed E-state index contributed by atoms with van der Waals surface area (Å²) in [5.74, 6) is -0.0689. The molecule has 2 aromatic carbocycles. The first-order chi connectivity index (χ1) is 12.5. The topological polar surface area (TPSA) is 48.1 Å². The molecule has 1 atom stereocenters. The molecule has 0 fully saturated rings. The van der Waals surface area contributed by atoms with Crippen LogP contribution in [0.25, 0.3) is 10.9 Å². The van der Waals surface area contributed by atoms with Gasteiger partial charge in [-0.25, -0.2) is 0 Å². The quantitative estimate of drug-likeness (QED) is 0.742. The lowest BCUT2D eigenvalue weighted by molar-refractivity contribution is 0.0935. The van der Waals surface area contributed by atoms with Crippen LogP contribution in [0.4, 0.5) is 5.69 Å². The molecule has 3 aromatic rings. The molecule has 0 radical (unpaired) electrons. The first-order valence-electron chi connectivity index (χ1n) is 9.24. The zero-order valence-electron chi connectivity index (χ0n) is 15.6. The monoisotopic (exact) mass is 347 g/mol. The third-order valence-corrected chi connectivity index (χ3v) is 5.34. The van der Waals surface area contributed by atoms with Gasteiger partial charge in [0.05, 0.1) is 6.04 Å². The standard InChI is InChI=1S/C22H25N3O/c1-14(16-8-7-15-5-4-6-17(15)11-16)23-22(26)21-12-18-9-10-19(25(2)3)13-20(18)24-21/h7-14,24H,4-6H2,1-3H3,(H,23,26). The molecule has 1 unspecified atom stereocenters. The highest BCUT2D eigenvalue weighted by molar-refractivity contribution is 5.98. The zero-order chi connectivity index (χ0) is 18.3. The Kier molecular flexibility index (Phi) is 4.19. The van der Waals surface area contributed by atoms with Crippen molar-refractivity contribution in [2.45, 2.75) is 32.2 Å². The second kappa shape index (κ2) is 6.52.